The van der Waals surface area contributed by atoms with Gasteiger partial charge in [0.25, 0.3) is 0 Å². The van der Waals surface area contributed by atoms with Crippen LogP contribution in [0.15, 0.2) is 35.0 Å². The summed E-state index contributed by atoms with van der Waals surface area (Å²) in [6.07, 6.45) is -1.22. The zero-order chi connectivity index (χ0) is 14.5. The maximum Gasteiger partial charge on any atom is 0.224 e. The Kier molecular flexibility index (Phi) is 4.81. The average Bonchev–Trinajstić information content (AvgIpc) is 2.94. The molecule has 20 heavy (non-hydrogen) atoms. The first-order valence-electron chi connectivity index (χ1n) is 5.97. The molecule has 0 radical (unpaired) electrons. The Labute approximate surface area is 118 Å². The Morgan fingerprint density at radius 1 is 1.30 bits per heavy atom. The minimum absolute atomic E-state index is 0.00559. The fourth-order valence-electron chi connectivity index (χ4n) is 1.72. The van der Waals surface area contributed by atoms with E-state index in [1.165, 1.54) is 17.4 Å². The Bertz CT molecular complexity index is 567. The maximum atomic E-state index is 13.4. The van der Waals surface area contributed by atoms with Crippen molar-refractivity contribution in [3.63, 3.8) is 0 Å². The molecule has 1 unspecified atom stereocenters. The van der Waals surface area contributed by atoms with Gasteiger partial charge in [0.1, 0.15) is 11.6 Å². The average molecular weight is 297 g/mol. The van der Waals surface area contributed by atoms with Gasteiger partial charge in [0, 0.05) is 12.1 Å². The van der Waals surface area contributed by atoms with Crippen LogP contribution in [-0.4, -0.2) is 17.6 Å². The highest BCUT2D eigenvalue weighted by molar-refractivity contribution is 7.07. The van der Waals surface area contributed by atoms with Crippen LogP contribution >= 0.6 is 11.3 Å². The third kappa shape index (κ3) is 3.61. The Hall–Kier alpha value is -1.79. The highest BCUT2D eigenvalue weighted by Gasteiger charge is 2.14. The van der Waals surface area contributed by atoms with Crippen LogP contribution in [0.4, 0.5) is 8.78 Å². The van der Waals surface area contributed by atoms with Crippen molar-refractivity contribution in [2.45, 2.75) is 12.5 Å². The Morgan fingerprint density at radius 3 is 2.60 bits per heavy atom. The molecule has 0 fully saturated rings. The molecule has 1 heterocycles. The lowest BCUT2D eigenvalue weighted by atomic mass is 10.1. The number of rotatable bonds is 5. The summed E-state index contributed by atoms with van der Waals surface area (Å²) in [4.78, 5) is 11.6. The second-order valence-electron chi connectivity index (χ2n) is 4.25. The van der Waals surface area contributed by atoms with Crippen molar-refractivity contribution in [3.8, 4) is 0 Å². The van der Waals surface area contributed by atoms with Crippen LogP contribution in [0.1, 0.15) is 17.2 Å². The molecule has 1 aromatic heterocycles. The number of halogens is 2. The summed E-state index contributed by atoms with van der Waals surface area (Å²) in [7, 11) is 0. The van der Waals surface area contributed by atoms with Crippen molar-refractivity contribution in [3.05, 3.63) is 57.8 Å². The number of thiophene rings is 1. The van der Waals surface area contributed by atoms with Gasteiger partial charge in [0.2, 0.25) is 5.91 Å². The number of carbonyl (C=O) groups excluding carboxylic acids is 1. The molecule has 0 saturated carbocycles. The van der Waals surface area contributed by atoms with Gasteiger partial charge in [-0.05, 0) is 34.5 Å². The lowest BCUT2D eigenvalue weighted by Gasteiger charge is -2.11. The zero-order valence-electron chi connectivity index (χ0n) is 10.5. The van der Waals surface area contributed by atoms with E-state index >= 15 is 0 Å². The molecule has 2 N–H and O–H groups in total. The van der Waals surface area contributed by atoms with Crippen molar-refractivity contribution >= 4 is 17.2 Å². The molecule has 2 rings (SSSR count). The number of carbonyl (C=O) groups is 1. The number of benzene rings is 1. The summed E-state index contributed by atoms with van der Waals surface area (Å²) in [5, 5.41) is 15.8. The van der Waals surface area contributed by atoms with Crippen LogP contribution in [-0.2, 0) is 11.2 Å². The summed E-state index contributed by atoms with van der Waals surface area (Å²) < 4.78 is 26.7. The van der Waals surface area contributed by atoms with Crippen molar-refractivity contribution in [2.24, 2.45) is 0 Å². The predicted octanol–water partition coefficient (Wildman–Crippen LogP) is 2.42. The molecule has 0 bridgehead atoms. The second-order valence-corrected chi connectivity index (χ2v) is 5.03. The number of hydrogen-bond acceptors (Lipinski definition) is 3. The Balaban J connectivity index is 1.90. The normalized spacial score (nSPS) is 12.2. The van der Waals surface area contributed by atoms with E-state index in [-0.39, 0.29) is 12.1 Å². The Morgan fingerprint density at radius 2 is 2.00 bits per heavy atom. The maximum absolute atomic E-state index is 13.4. The van der Waals surface area contributed by atoms with Gasteiger partial charge in [0.15, 0.2) is 0 Å². The largest absolute Gasteiger partial charge is 0.387 e. The predicted molar refractivity (Wildman–Crippen MR) is 72.4 cm³/mol. The molecule has 0 aliphatic heterocycles. The second kappa shape index (κ2) is 6.58. The standard InChI is InChI=1S/C14H13F2NO2S/c15-11-2-1-3-12(16)10(11)6-14(19)17-7-13(18)9-4-5-20-8-9/h1-5,8,13,18H,6-7H2,(H,17,19). The van der Waals surface area contributed by atoms with Gasteiger partial charge in [0.05, 0.1) is 12.5 Å². The van der Waals surface area contributed by atoms with E-state index in [0.717, 1.165) is 12.1 Å². The molecule has 1 aromatic carbocycles. The van der Waals surface area contributed by atoms with Crippen LogP contribution in [0.25, 0.3) is 0 Å². The first kappa shape index (κ1) is 14.6. The van der Waals surface area contributed by atoms with Crippen molar-refractivity contribution in [2.75, 3.05) is 6.54 Å². The van der Waals surface area contributed by atoms with Gasteiger partial charge in [-0.25, -0.2) is 8.78 Å². The summed E-state index contributed by atoms with van der Waals surface area (Å²) in [5.41, 5.74) is 0.433. The fraction of sp³-hybridized carbons (Fsp3) is 0.214. The highest BCUT2D eigenvalue weighted by atomic mass is 32.1. The summed E-state index contributed by atoms with van der Waals surface area (Å²) in [6.45, 7) is 0.00559. The van der Waals surface area contributed by atoms with Gasteiger partial charge in [-0.3, -0.25) is 4.79 Å². The molecule has 0 aliphatic carbocycles. The number of aliphatic hydroxyl groups is 1. The molecular weight excluding hydrogens is 284 g/mol. The van der Waals surface area contributed by atoms with Crippen LogP contribution in [0.2, 0.25) is 0 Å². The monoisotopic (exact) mass is 297 g/mol. The molecule has 0 aliphatic rings. The molecule has 0 spiro atoms. The van der Waals surface area contributed by atoms with Crippen LogP contribution in [0, 0.1) is 11.6 Å². The van der Waals surface area contributed by atoms with Gasteiger partial charge in [-0.1, -0.05) is 6.07 Å². The van der Waals surface area contributed by atoms with Gasteiger partial charge in [-0.2, -0.15) is 11.3 Å². The quantitative estimate of drug-likeness (QED) is 0.890. The first-order chi connectivity index (χ1) is 9.58. The number of hydrogen-bond donors (Lipinski definition) is 2. The van der Waals surface area contributed by atoms with E-state index in [2.05, 4.69) is 5.32 Å². The summed E-state index contributed by atoms with van der Waals surface area (Å²) in [5.74, 6) is -2.04. The third-order valence-corrected chi connectivity index (χ3v) is 3.52. The fourth-order valence-corrected chi connectivity index (χ4v) is 2.42. The number of aliphatic hydroxyl groups excluding tert-OH is 1. The molecule has 6 heteroatoms. The van der Waals surface area contributed by atoms with E-state index in [1.54, 1.807) is 11.4 Å². The molecule has 0 saturated heterocycles. The number of nitrogens with one attached hydrogen (secondary N) is 1. The molecule has 1 amide bonds. The summed E-state index contributed by atoms with van der Waals surface area (Å²) in [6, 6.07) is 5.20. The van der Waals surface area contributed by atoms with Gasteiger partial charge >= 0.3 is 0 Å². The SMILES string of the molecule is O=C(Cc1c(F)cccc1F)NCC(O)c1ccsc1. The third-order valence-electron chi connectivity index (χ3n) is 2.82. The molecule has 2 aromatic rings. The smallest absolute Gasteiger partial charge is 0.224 e. The molecule has 3 nitrogen and oxygen atoms in total. The molecule has 1 atom stereocenters. The van der Waals surface area contributed by atoms with Gasteiger partial charge < -0.3 is 10.4 Å². The van der Waals surface area contributed by atoms with Crippen LogP contribution in [0.5, 0.6) is 0 Å². The number of amides is 1. The van der Waals surface area contributed by atoms with E-state index in [4.69, 9.17) is 0 Å². The first-order valence-corrected chi connectivity index (χ1v) is 6.92. The molecular formula is C14H13F2NO2S. The lowest BCUT2D eigenvalue weighted by molar-refractivity contribution is -0.121. The van der Waals surface area contributed by atoms with Crippen LogP contribution < -0.4 is 5.32 Å². The van der Waals surface area contributed by atoms with Crippen molar-refractivity contribution < 1.29 is 18.7 Å². The minimum atomic E-state index is -0.823. The van der Waals surface area contributed by atoms with E-state index in [0.29, 0.717) is 5.56 Å². The van der Waals surface area contributed by atoms with E-state index in [1.807, 2.05) is 5.38 Å². The van der Waals surface area contributed by atoms with Crippen molar-refractivity contribution in [1.29, 1.82) is 0 Å². The summed E-state index contributed by atoms with van der Waals surface area (Å²) >= 11 is 1.44. The highest BCUT2D eigenvalue weighted by Crippen LogP contribution is 2.16. The minimum Gasteiger partial charge on any atom is -0.387 e. The van der Waals surface area contributed by atoms with E-state index < -0.39 is 30.1 Å². The van der Waals surface area contributed by atoms with Crippen LogP contribution in [0.3, 0.4) is 0 Å². The van der Waals surface area contributed by atoms with Gasteiger partial charge in [-0.15, -0.1) is 0 Å². The lowest BCUT2D eigenvalue weighted by Crippen LogP contribution is -2.30. The topological polar surface area (TPSA) is 49.3 Å². The zero-order valence-corrected chi connectivity index (χ0v) is 11.3. The van der Waals surface area contributed by atoms with E-state index in [9.17, 15) is 18.7 Å². The van der Waals surface area contributed by atoms with Crippen molar-refractivity contribution in [1.82, 2.24) is 5.32 Å². The molecule has 106 valence electrons.